The number of furan rings is 1. The first-order chi connectivity index (χ1) is 12.1. The largest absolute Gasteiger partial charge is 0.444 e. The highest BCUT2D eigenvalue weighted by Crippen LogP contribution is 2.23. The van der Waals surface area contributed by atoms with Crippen LogP contribution in [-0.2, 0) is 4.79 Å². The van der Waals surface area contributed by atoms with Crippen molar-refractivity contribution < 1.29 is 14.0 Å². The Kier molecular flexibility index (Phi) is 5.61. The van der Waals surface area contributed by atoms with Crippen molar-refractivity contribution >= 4 is 55.1 Å². The van der Waals surface area contributed by atoms with Crippen molar-refractivity contribution in [2.75, 3.05) is 25.0 Å². The van der Waals surface area contributed by atoms with Crippen LogP contribution in [0, 0.1) is 0 Å². The molecule has 8 nitrogen and oxygen atoms in total. The van der Waals surface area contributed by atoms with Crippen LogP contribution < -0.4 is 16.0 Å². The van der Waals surface area contributed by atoms with Crippen molar-refractivity contribution in [3.8, 4) is 0 Å². The van der Waals surface area contributed by atoms with Gasteiger partial charge < -0.3 is 20.4 Å². The molecular weight excluding hydrogens is 410 g/mol. The Balaban J connectivity index is 1.38. The van der Waals surface area contributed by atoms with Crippen molar-refractivity contribution in [1.29, 1.82) is 0 Å². The summed E-state index contributed by atoms with van der Waals surface area (Å²) in [6, 6.07) is 5.08. The van der Waals surface area contributed by atoms with Gasteiger partial charge in [0.15, 0.2) is 10.4 Å². The van der Waals surface area contributed by atoms with Crippen LogP contribution in [0.25, 0.3) is 10.2 Å². The predicted molar refractivity (Wildman–Crippen MR) is 97.7 cm³/mol. The van der Waals surface area contributed by atoms with Crippen LogP contribution in [0.1, 0.15) is 10.6 Å². The SMILES string of the molecule is O=C(CNC(=O)c1ccc(Br)o1)NCCNc1ncnc2sccc12. The quantitative estimate of drug-likeness (QED) is 0.501. The Morgan fingerprint density at radius 3 is 2.84 bits per heavy atom. The normalized spacial score (nSPS) is 10.6. The van der Waals surface area contributed by atoms with E-state index in [0.717, 1.165) is 16.0 Å². The van der Waals surface area contributed by atoms with Gasteiger partial charge in [-0.2, -0.15) is 0 Å². The molecular formula is C15H14BrN5O3S. The predicted octanol–water partition coefficient (Wildman–Crippen LogP) is 2.00. The van der Waals surface area contributed by atoms with E-state index in [2.05, 4.69) is 41.8 Å². The van der Waals surface area contributed by atoms with E-state index >= 15 is 0 Å². The van der Waals surface area contributed by atoms with Gasteiger partial charge in [-0.1, -0.05) is 0 Å². The van der Waals surface area contributed by atoms with Gasteiger partial charge >= 0.3 is 0 Å². The number of anilines is 1. The number of aromatic nitrogens is 2. The van der Waals surface area contributed by atoms with Crippen molar-refractivity contribution in [3.05, 3.63) is 40.3 Å². The number of thiophene rings is 1. The zero-order chi connectivity index (χ0) is 17.6. The molecule has 0 aliphatic rings. The molecule has 0 unspecified atom stereocenters. The Bertz CT molecular complexity index is 894. The second-order valence-corrected chi connectivity index (χ2v) is 6.60. The third-order valence-electron chi connectivity index (χ3n) is 3.21. The molecule has 0 fully saturated rings. The van der Waals surface area contributed by atoms with E-state index in [1.54, 1.807) is 17.4 Å². The molecule has 0 bridgehead atoms. The van der Waals surface area contributed by atoms with Gasteiger partial charge in [-0.05, 0) is 39.5 Å². The van der Waals surface area contributed by atoms with Crippen molar-refractivity contribution in [1.82, 2.24) is 20.6 Å². The maximum atomic E-state index is 11.7. The molecule has 3 aromatic heterocycles. The lowest BCUT2D eigenvalue weighted by Crippen LogP contribution is -2.38. The molecule has 10 heteroatoms. The monoisotopic (exact) mass is 423 g/mol. The van der Waals surface area contributed by atoms with Crippen LogP contribution in [0.15, 0.2) is 39.0 Å². The number of hydrogen-bond acceptors (Lipinski definition) is 7. The topological polar surface area (TPSA) is 109 Å². The zero-order valence-electron chi connectivity index (χ0n) is 12.9. The van der Waals surface area contributed by atoms with Gasteiger partial charge in [-0.3, -0.25) is 9.59 Å². The summed E-state index contributed by atoms with van der Waals surface area (Å²) in [5, 5.41) is 11.3. The van der Waals surface area contributed by atoms with Crippen LogP contribution in [0.5, 0.6) is 0 Å². The van der Waals surface area contributed by atoms with E-state index < -0.39 is 5.91 Å². The fourth-order valence-corrected chi connectivity index (χ4v) is 3.10. The fourth-order valence-electron chi connectivity index (χ4n) is 2.06. The number of nitrogens with one attached hydrogen (secondary N) is 3. The lowest BCUT2D eigenvalue weighted by Gasteiger charge is -2.08. The first kappa shape index (κ1) is 17.4. The fraction of sp³-hybridized carbons (Fsp3) is 0.200. The second kappa shape index (κ2) is 8.08. The number of carbonyl (C=O) groups is 2. The first-order valence-electron chi connectivity index (χ1n) is 7.36. The summed E-state index contributed by atoms with van der Waals surface area (Å²) in [4.78, 5) is 32.8. The third-order valence-corrected chi connectivity index (χ3v) is 4.45. The maximum Gasteiger partial charge on any atom is 0.287 e. The molecule has 0 aromatic carbocycles. The molecule has 3 heterocycles. The highest BCUT2D eigenvalue weighted by atomic mass is 79.9. The van der Waals surface area contributed by atoms with Gasteiger partial charge in [-0.25, -0.2) is 9.97 Å². The summed E-state index contributed by atoms with van der Waals surface area (Å²) in [5.41, 5.74) is 0. The summed E-state index contributed by atoms with van der Waals surface area (Å²) >= 11 is 4.66. The number of fused-ring (bicyclic) bond motifs is 1. The molecule has 0 atom stereocenters. The van der Waals surface area contributed by atoms with Gasteiger partial charge in [0.2, 0.25) is 5.91 Å². The van der Waals surface area contributed by atoms with Crippen molar-refractivity contribution in [3.63, 3.8) is 0 Å². The number of hydrogen-bond donors (Lipinski definition) is 3. The summed E-state index contributed by atoms with van der Waals surface area (Å²) in [6.07, 6.45) is 1.50. The van der Waals surface area contributed by atoms with Gasteiger partial charge in [0.05, 0.1) is 11.9 Å². The van der Waals surface area contributed by atoms with E-state index in [0.29, 0.717) is 17.8 Å². The van der Waals surface area contributed by atoms with Crippen LogP contribution >= 0.6 is 27.3 Å². The molecule has 0 radical (unpaired) electrons. The van der Waals surface area contributed by atoms with Crippen molar-refractivity contribution in [2.45, 2.75) is 0 Å². The Morgan fingerprint density at radius 2 is 2.04 bits per heavy atom. The highest BCUT2D eigenvalue weighted by molar-refractivity contribution is 9.10. The molecule has 0 aliphatic carbocycles. The van der Waals surface area contributed by atoms with E-state index in [9.17, 15) is 9.59 Å². The molecule has 130 valence electrons. The molecule has 0 saturated carbocycles. The summed E-state index contributed by atoms with van der Waals surface area (Å²) in [5.74, 6) is 0.144. The van der Waals surface area contributed by atoms with Gasteiger partial charge in [0.1, 0.15) is 17.0 Å². The number of amides is 2. The van der Waals surface area contributed by atoms with Crippen LogP contribution in [0.4, 0.5) is 5.82 Å². The number of nitrogens with zero attached hydrogens (tertiary/aromatic N) is 2. The molecule has 25 heavy (non-hydrogen) atoms. The molecule has 3 aromatic rings. The van der Waals surface area contributed by atoms with Gasteiger partial charge in [0, 0.05) is 13.1 Å². The van der Waals surface area contributed by atoms with Crippen molar-refractivity contribution in [2.24, 2.45) is 0 Å². The zero-order valence-corrected chi connectivity index (χ0v) is 15.3. The van der Waals surface area contributed by atoms with Gasteiger partial charge in [-0.15, -0.1) is 11.3 Å². The smallest absolute Gasteiger partial charge is 0.287 e. The van der Waals surface area contributed by atoms with Gasteiger partial charge in [0.25, 0.3) is 5.91 Å². The molecule has 3 rings (SSSR count). The highest BCUT2D eigenvalue weighted by Gasteiger charge is 2.11. The lowest BCUT2D eigenvalue weighted by molar-refractivity contribution is -0.120. The minimum Gasteiger partial charge on any atom is -0.444 e. The molecule has 0 aliphatic heterocycles. The van der Waals surface area contributed by atoms with E-state index in [4.69, 9.17) is 4.42 Å². The van der Waals surface area contributed by atoms with E-state index in [-0.39, 0.29) is 18.2 Å². The van der Waals surface area contributed by atoms with E-state index in [1.165, 1.54) is 12.4 Å². The molecule has 0 spiro atoms. The van der Waals surface area contributed by atoms with Crippen LogP contribution in [0.2, 0.25) is 0 Å². The summed E-state index contributed by atoms with van der Waals surface area (Å²) in [7, 11) is 0. The van der Waals surface area contributed by atoms with Crippen LogP contribution in [0.3, 0.4) is 0 Å². The molecule has 2 amide bonds. The number of carbonyl (C=O) groups excluding carboxylic acids is 2. The molecule has 0 saturated heterocycles. The standard InChI is InChI=1S/C15H14BrN5O3S/c16-11-2-1-10(24-11)14(23)19-7-12(22)17-4-5-18-13-9-3-6-25-15(9)21-8-20-13/h1-3,6,8H,4-5,7H2,(H,17,22)(H,19,23)(H,18,20,21). The third kappa shape index (κ3) is 4.54. The average Bonchev–Trinajstić information content (AvgIpc) is 3.25. The summed E-state index contributed by atoms with van der Waals surface area (Å²) in [6.45, 7) is 0.781. The molecule has 3 N–H and O–H groups in total. The minimum absolute atomic E-state index is 0.126. The lowest BCUT2D eigenvalue weighted by atomic mass is 10.4. The number of halogens is 1. The average molecular weight is 424 g/mol. The second-order valence-electron chi connectivity index (χ2n) is 4.92. The Morgan fingerprint density at radius 1 is 1.16 bits per heavy atom. The van der Waals surface area contributed by atoms with Crippen LogP contribution in [-0.4, -0.2) is 41.4 Å². The Labute approximate surface area is 155 Å². The Hall–Kier alpha value is -2.46. The maximum absolute atomic E-state index is 11.7. The summed E-state index contributed by atoms with van der Waals surface area (Å²) < 4.78 is 5.56. The minimum atomic E-state index is -0.445. The first-order valence-corrected chi connectivity index (χ1v) is 9.03. The van der Waals surface area contributed by atoms with E-state index in [1.807, 2.05) is 11.4 Å². The number of rotatable bonds is 7.